The molecule has 3 rings (SSSR count). The summed E-state index contributed by atoms with van der Waals surface area (Å²) >= 11 is 0. The van der Waals surface area contributed by atoms with E-state index in [9.17, 15) is 22.8 Å². The Labute approximate surface area is 188 Å². The Hall–Kier alpha value is -3.20. The predicted molar refractivity (Wildman–Crippen MR) is 119 cm³/mol. The van der Waals surface area contributed by atoms with Crippen LogP contribution in [0.3, 0.4) is 0 Å². The van der Waals surface area contributed by atoms with Crippen LogP contribution in [-0.2, 0) is 26.2 Å². The molecule has 8 nitrogen and oxygen atoms in total. The molecule has 0 spiro atoms. The number of fused-ring (bicyclic) bond motifs is 1. The second-order valence-electron chi connectivity index (χ2n) is 7.72. The zero-order valence-corrected chi connectivity index (χ0v) is 19.2. The number of likely N-dealkylation sites (N-methyl/N-ethyl adjacent to an activating group) is 1. The zero-order valence-electron chi connectivity index (χ0n) is 18.4. The summed E-state index contributed by atoms with van der Waals surface area (Å²) in [5, 5.41) is 2.56. The van der Waals surface area contributed by atoms with E-state index in [1.54, 1.807) is 19.1 Å². The second kappa shape index (κ2) is 9.52. The van der Waals surface area contributed by atoms with E-state index in [1.165, 1.54) is 24.1 Å². The van der Waals surface area contributed by atoms with E-state index in [4.69, 9.17) is 0 Å². The van der Waals surface area contributed by atoms with E-state index in [2.05, 4.69) is 5.32 Å². The van der Waals surface area contributed by atoms with Crippen LogP contribution >= 0.6 is 0 Å². The van der Waals surface area contributed by atoms with Gasteiger partial charge in [0.05, 0.1) is 5.56 Å². The van der Waals surface area contributed by atoms with Crippen LogP contribution in [-0.4, -0.2) is 55.0 Å². The molecule has 2 aromatic rings. The van der Waals surface area contributed by atoms with Gasteiger partial charge in [0.15, 0.2) is 0 Å². The highest BCUT2D eigenvalue weighted by atomic mass is 32.2. The van der Waals surface area contributed by atoms with E-state index in [1.807, 2.05) is 31.2 Å². The zero-order chi connectivity index (χ0) is 23.5. The summed E-state index contributed by atoms with van der Waals surface area (Å²) in [4.78, 5) is 39.3. The molecule has 0 fully saturated rings. The molecule has 2 aromatic carbocycles. The van der Waals surface area contributed by atoms with E-state index in [0.29, 0.717) is 0 Å². The highest BCUT2D eigenvalue weighted by molar-refractivity contribution is 7.90. The number of carbonyl (C=O) groups excluding carboxylic acids is 3. The number of benzene rings is 2. The Morgan fingerprint density at radius 3 is 2.41 bits per heavy atom. The lowest BCUT2D eigenvalue weighted by molar-refractivity contribution is -0.140. The topological polar surface area (TPSA) is 104 Å². The molecule has 1 atom stereocenters. The van der Waals surface area contributed by atoms with Gasteiger partial charge in [-0.25, -0.2) is 12.7 Å². The Balaban J connectivity index is 1.71. The van der Waals surface area contributed by atoms with Gasteiger partial charge in [0.2, 0.25) is 11.8 Å². The van der Waals surface area contributed by atoms with Crippen LogP contribution in [0, 0.1) is 6.92 Å². The minimum Gasteiger partial charge on any atom is -0.357 e. The monoisotopic (exact) mass is 457 g/mol. The van der Waals surface area contributed by atoms with Crippen molar-refractivity contribution < 1.29 is 22.8 Å². The Bertz CT molecular complexity index is 1150. The van der Waals surface area contributed by atoms with Gasteiger partial charge in [-0.05, 0) is 43.5 Å². The predicted octanol–water partition coefficient (Wildman–Crippen LogP) is 2.08. The van der Waals surface area contributed by atoms with E-state index >= 15 is 0 Å². The number of sulfonamides is 1. The fraction of sp³-hybridized carbons (Fsp3) is 0.348. The number of amides is 3. The van der Waals surface area contributed by atoms with Crippen LogP contribution in [0.15, 0.2) is 53.4 Å². The van der Waals surface area contributed by atoms with Gasteiger partial charge in [-0.3, -0.25) is 14.4 Å². The molecular formula is C23H27N3O5S. The van der Waals surface area contributed by atoms with Crippen molar-refractivity contribution in [3.8, 4) is 0 Å². The lowest BCUT2D eigenvalue weighted by Gasteiger charge is -2.29. The normalized spacial score (nSPS) is 15.2. The van der Waals surface area contributed by atoms with Crippen molar-refractivity contribution in [3.05, 3.63) is 65.2 Å². The molecule has 0 aliphatic carbocycles. The third-order valence-electron chi connectivity index (χ3n) is 5.68. The molecule has 0 bridgehead atoms. The average Bonchev–Trinajstić information content (AvgIpc) is 2.98. The lowest BCUT2D eigenvalue weighted by atomic mass is 10.1. The molecule has 32 heavy (non-hydrogen) atoms. The summed E-state index contributed by atoms with van der Waals surface area (Å²) in [5.41, 5.74) is 2.07. The van der Waals surface area contributed by atoms with E-state index in [-0.39, 0.29) is 48.2 Å². The number of carbonyl (C=O) groups is 3. The summed E-state index contributed by atoms with van der Waals surface area (Å²) in [6, 6.07) is 13.0. The van der Waals surface area contributed by atoms with Gasteiger partial charge in [-0.2, -0.15) is 0 Å². The number of nitrogens with zero attached hydrogens (tertiary/aromatic N) is 2. The van der Waals surface area contributed by atoms with Crippen LogP contribution in [0.4, 0.5) is 0 Å². The summed E-state index contributed by atoms with van der Waals surface area (Å²) in [7, 11) is -2.40. The minimum atomic E-state index is -3.91. The highest BCUT2D eigenvalue weighted by Crippen LogP contribution is 2.30. The second-order valence-corrected chi connectivity index (χ2v) is 9.55. The first-order valence-electron chi connectivity index (χ1n) is 10.4. The maximum Gasteiger partial charge on any atom is 0.269 e. The molecule has 3 amide bonds. The standard InChI is InChI=1S/C23H27N3O5S/c1-16-9-4-5-10-18(16)15-25(17(2)22(28)24-3)21(27)13-8-14-26-23(29)19-11-6-7-12-20(19)32(26,30)31/h4-7,9-12,17H,8,13-15H2,1-3H3,(H,24,28)/t17-/m1/s1. The Kier molecular flexibility index (Phi) is 6.98. The number of rotatable bonds is 8. The molecular weight excluding hydrogens is 430 g/mol. The maximum absolute atomic E-state index is 13.0. The van der Waals surface area contributed by atoms with Crippen molar-refractivity contribution in [3.63, 3.8) is 0 Å². The molecule has 0 saturated carbocycles. The van der Waals surface area contributed by atoms with Crippen LogP contribution in [0.2, 0.25) is 0 Å². The third kappa shape index (κ3) is 4.52. The van der Waals surface area contributed by atoms with Gasteiger partial charge in [0.1, 0.15) is 10.9 Å². The van der Waals surface area contributed by atoms with Gasteiger partial charge in [-0.15, -0.1) is 0 Å². The Morgan fingerprint density at radius 2 is 1.75 bits per heavy atom. The van der Waals surface area contributed by atoms with Crippen molar-refractivity contribution in [2.75, 3.05) is 13.6 Å². The van der Waals surface area contributed by atoms with Crippen molar-refractivity contribution in [2.24, 2.45) is 0 Å². The smallest absolute Gasteiger partial charge is 0.269 e. The summed E-state index contributed by atoms with van der Waals surface area (Å²) < 4.78 is 26.2. The van der Waals surface area contributed by atoms with Gasteiger partial charge >= 0.3 is 0 Å². The van der Waals surface area contributed by atoms with Crippen LogP contribution in [0.1, 0.15) is 41.3 Å². The first-order valence-corrected chi connectivity index (χ1v) is 11.8. The fourth-order valence-corrected chi connectivity index (χ4v) is 5.34. The van der Waals surface area contributed by atoms with Gasteiger partial charge < -0.3 is 10.2 Å². The van der Waals surface area contributed by atoms with Crippen LogP contribution in [0.25, 0.3) is 0 Å². The highest BCUT2D eigenvalue weighted by Gasteiger charge is 2.40. The number of nitrogens with one attached hydrogen (secondary N) is 1. The number of hydrogen-bond donors (Lipinski definition) is 1. The SMILES string of the molecule is CNC(=O)[C@@H](C)N(Cc1ccccc1C)C(=O)CCCN1C(=O)c2ccccc2S1(=O)=O. The van der Waals surface area contributed by atoms with Crippen molar-refractivity contribution >= 4 is 27.7 Å². The molecule has 0 aromatic heterocycles. The molecule has 0 radical (unpaired) electrons. The molecule has 1 aliphatic heterocycles. The van der Waals surface area contributed by atoms with Crippen molar-refractivity contribution in [1.29, 1.82) is 0 Å². The molecule has 1 aliphatic rings. The van der Waals surface area contributed by atoms with Crippen LogP contribution in [0.5, 0.6) is 0 Å². The Morgan fingerprint density at radius 1 is 1.09 bits per heavy atom. The van der Waals surface area contributed by atoms with Crippen molar-refractivity contribution in [1.82, 2.24) is 14.5 Å². The number of aryl methyl sites for hydroxylation is 1. The summed E-state index contributed by atoms with van der Waals surface area (Å²) in [5.74, 6) is -1.16. The quantitative estimate of drug-likeness (QED) is 0.654. The molecule has 9 heteroatoms. The summed E-state index contributed by atoms with van der Waals surface area (Å²) in [6.45, 7) is 3.74. The summed E-state index contributed by atoms with van der Waals surface area (Å²) in [6.07, 6.45) is 0.158. The fourth-order valence-electron chi connectivity index (χ4n) is 3.73. The van der Waals surface area contributed by atoms with Gasteiger partial charge in [0.25, 0.3) is 15.9 Å². The maximum atomic E-state index is 13.0. The molecule has 1 N–H and O–H groups in total. The molecule has 170 valence electrons. The first-order chi connectivity index (χ1) is 15.2. The van der Waals surface area contributed by atoms with Crippen LogP contribution < -0.4 is 5.32 Å². The molecule has 0 saturated heterocycles. The average molecular weight is 458 g/mol. The minimum absolute atomic E-state index is 0.00284. The first kappa shape index (κ1) is 23.5. The van der Waals surface area contributed by atoms with E-state index < -0.39 is 22.0 Å². The van der Waals surface area contributed by atoms with Crippen molar-refractivity contribution in [2.45, 2.75) is 44.2 Å². The largest absolute Gasteiger partial charge is 0.357 e. The van der Waals surface area contributed by atoms with Gasteiger partial charge in [0, 0.05) is 26.6 Å². The van der Waals surface area contributed by atoms with E-state index in [0.717, 1.165) is 15.4 Å². The van der Waals surface area contributed by atoms with Gasteiger partial charge in [-0.1, -0.05) is 36.4 Å². The lowest BCUT2D eigenvalue weighted by Crippen LogP contribution is -2.47. The molecule has 1 heterocycles. The molecule has 0 unspecified atom stereocenters. The number of hydrogen-bond acceptors (Lipinski definition) is 5. The third-order valence-corrected chi connectivity index (χ3v) is 7.52.